The van der Waals surface area contributed by atoms with Gasteiger partial charge in [-0.15, -0.1) is 11.2 Å². The molecule has 0 N–H and O–H groups in total. The van der Waals surface area contributed by atoms with Crippen molar-refractivity contribution < 1.29 is 9.47 Å². The van der Waals surface area contributed by atoms with Crippen LogP contribution in [0.3, 0.4) is 0 Å². The van der Waals surface area contributed by atoms with Crippen molar-refractivity contribution in [1.29, 1.82) is 0 Å². The molecule has 2 aromatic carbocycles. The minimum atomic E-state index is -0.280. The van der Waals surface area contributed by atoms with Gasteiger partial charge in [-0.1, -0.05) is 24.3 Å². The normalized spacial score (nSPS) is 11.3. The molecule has 0 aliphatic rings. The number of hydrogen-bond acceptors (Lipinski definition) is 2. The van der Waals surface area contributed by atoms with Crippen molar-refractivity contribution in [3.63, 3.8) is 0 Å². The third-order valence-electron chi connectivity index (χ3n) is 3.48. The number of ether oxygens (including phenoxy) is 2. The summed E-state index contributed by atoms with van der Waals surface area (Å²) < 4.78 is 12.1. The Morgan fingerprint density at radius 1 is 0.913 bits per heavy atom. The SMILES string of the molecule is Cc1cccc(OC(CCCCPCl)Oc2cccc(C)c2)c1. The first-order chi connectivity index (χ1) is 11.2. The Hall–Kier alpha value is -1.24. The van der Waals surface area contributed by atoms with E-state index in [4.69, 9.17) is 20.7 Å². The summed E-state index contributed by atoms with van der Waals surface area (Å²) in [6.45, 7) is 4.12. The van der Waals surface area contributed by atoms with Crippen LogP contribution in [0, 0.1) is 13.8 Å². The molecule has 2 aromatic rings. The van der Waals surface area contributed by atoms with Gasteiger partial charge < -0.3 is 9.47 Å². The lowest BCUT2D eigenvalue weighted by molar-refractivity contribution is -0.00212. The topological polar surface area (TPSA) is 18.5 Å². The highest BCUT2D eigenvalue weighted by atomic mass is 35.7. The maximum absolute atomic E-state index is 6.07. The van der Waals surface area contributed by atoms with E-state index in [0.717, 1.165) is 36.9 Å². The average molecular weight is 351 g/mol. The second-order valence-electron chi connectivity index (χ2n) is 5.68. The van der Waals surface area contributed by atoms with E-state index in [1.54, 1.807) is 0 Å². The fraction of sp³-hybridized carbons (Fsp3) is 0.368. The van der Waals surface area contributed by atoms with E-state index >= 15 is 0 Å². The predicted octanol–water partition coefficient (Wildman–Crippen LogP) is 6.09. The van der Waals surface area contributed by atoms with Gasteiger partial charge in [0.1, 0.15) is 11.5 Å². The Morgan fingerprint density at radius 2 is 1.48 bits per heavy atom. The summed E-state index contributed by atoms with van der Waals surface area (Å²) in [7, 11) is 0.495. The van der Waals surface area contributed by atoms with Gasteiger partial charge in [0.15, 0.2) is 0 Å². The Bertz CT molecular complexity index is 556. The van der Waals surface area contributed by atoms with Crippen LogP contribution in [0.2, 0.25) is 0 Å². The Labute approximate surface area is 145 Å². The Balaban J connectivity index is 2.01. The van der Waals surface area contributed by atoms with E-state index in [0.29, 0.717) is 7.93 Å². The second-order valence-corrected chi connectivity index (χ2v) is 7.25. The number of hydrogen-bond donors (Lipinski definition) is 0. The third-order valence-corrected chi connectivity index (χ3v) is 4.58. The van der Waals surface area contributed by atoms with Gasteiger partial charge in [-0.05, 0) is 76.2 Å². The van der Waals surface area contributed by atoms with Gasteiger partial charge in [-0.25, -0.2) is 0 Å². The fourth-order valence-electron chi connectivity index (χ4n) is 2.33. The van der Waals surface area contributed by atoms with E-state index in [1.165, 1.54) is 11.1 Å². The van der Waals surface area contributed by atoms with Crippen LogP contribution in [-0.2, 0) is 0 Å². The van der Waals surface area contributed by atoms with Crippen LogP contribution >= 0.6 is 19.2 Å². The lowest BCUT2D eigenvalue weighted by Crippen LogP contribution is -2.24. The van der Waals surface area contributed by atoms with Gasteiger partial charge in [-0.3, -0.25) is 0 Å². The molecule has 2 nitrogen and oxygen atoms in total. The number of unbranched alkanes of at least 4 members (excludes halogenated alkanes) is 1. The molecule has 1 unspecified atom stereocenters. The van der Waals surface area contributed by atoms with Gasteiger partial charge in [0.05, 0.1) is 0 Å². The molecular weight excluding hydrogens is 327 g/mol. The minimum absolute atomic E-state index is 0.280. The highest BCUT2D eigenvalue weighted by Gasteiger charge is 2.13. The van der Waals surface area contributed by atoms with Gasteiger partial charge in [0.2, 0.25) is 6.29 Å². The van der Waals surface area contributed by atoms with Gasteiger partial charge in [-0.2, -0.15) is 0 Å². The maximum Gasteiger partial charge on any atom is 0.241 e. The molecule has 124 valence electrons. The summed E-state index contributed by atoms with van der Waals surface area (Å²) in [5, 5.41) is 0. The molecule has 0 saturated carbocycles. The zero-order valence-electron chi connectivity index (χ0n) is 13.7. The summed E-state index contributed by atoms with van der Waals surface area (Å²) in [5.41, 5.74) is 2.36. The van der Waals surface area contributed by atoms with E-state index in [2.05, 4.69) is 26.0 Å². The largest absolute Gasteiger partial charge is 0.455 e. The fourth-order valence-corrected chi connectivity index (χ4v) is 3.11. The van der Waals surface area contributed by atoms with Crippen molar-refractivity contribution in [3.05, 3.63) is 59.7 Å². The molecule has 4 heteroatoms. The van der Waals surface area contributed by atoms with Crippen molar-refractivity contribution >= 4 is 19.2 Å². The molecule has 0 heterocycles. The quantitative estimate of drug-likeness (QED) is 0.309. The summed E-state index contributed by atoms with van der Waals surface area (Å²) >= 11 is 5.78. The smallest absolute Gasteiger partial charge is 0.241 e. The molecule has 0 fully saturated rings. The van der Waals surface area contributed by atoms with Crippen LogP contribution in [0.5, 0.6) is 11.5 Å². The van der Waals surface area contributed by atoms with Crippen LogP contribution in [0.4, 0.5) is 0 Å². The average Bonchev–Trinajstić information content (AvgIpc) is 2.51. The lowest BCUT2D eigenvalue weighted by Gasteiger charge is -2.21. The van der Waals surface area contributed by atoms with Crippen molar-refractivity contribution in [2.45, 2.75) is 39.4 Å². The second kappa shape index (κ2) is 9.80. The Kier molecular flexibility index (Phi) is 7.71. The predicted molar refractivity (Wildman–Crippen MR) is 100 cm³/mol. The van der Waals surface area contributed by atoms with E-state index in [1.807, 2.05) is 36.4 Å². The monoisotopic (exact) mass is 350 g/mol. The first kappa shape index (κ1) is 18.1. The van der Waals surface area contributed by atoms with Crippen molar-refractivity contribution in [3.8, 4) is 11.5 Å². The van der Waals surface area contributed by atoms with Crippen molar-refractivity contribution in [1.82, 2.24) is 0 Å². The zero-order valence-corrected chi connectivity index (χ0v) is 15.5. The molecule has 0 aromatic heterocycles. The van der Waals surface area contributed by atoms with Crippen LogP contribution in [0.15, 0.2) is 48.5 Å². The highest BCUT2D eigenvalue weighted by Crippen LogP contribution is 2.22. The van der Waals surface area contributed by atoms with Crippen LogP contribution in [-0.4, -0.2) is 12.5 Å². The van der Waals surface area contributed by atoms with E-state index in [-0.39, 0.29) is 6.29 Å². The summed E-state index contributed by atoms with van der Waals surface area (Å²) in [5.74, 6) is 1.70. The maximum atomic E-state index is 6.07. The van der Waals surface area contributed by atoms with Gasteiger partial charge >= 0.3 is 0 Å². The molecule has 2 rings (SSSR count). The first-order valence-corrected chi connectivity index (χ1v) is 10.2. The molecule has 0 amide bonds. The number of rotatable bonds is 9. The summed E-state index contributed by atoms with van der Waals surface area (Å²) in [4.78, 5) is 0. The van der Waals surface area contributed by atoms with Crippen LogP contribution < -0.4 is 9.47 Å². The molecule has 0 saturated heterocycles. The molecule has 0 radical (unpaired) electrons. The van der Waals surface area contributed by atoms with E-state index in [9.17, 15) is 0 Å². The molecule has 23 heavy (non-hydrogen) atoms. The van der Waals surface area contributed by atoms with Crippen molar-refractivity contribution in [2.24, 2.45) is 0 Å². The van der Waals surface area contributed by atoms with Gasteiger partial charge in [0.25, 0.3) is 0 Å². The molecule has 0 aliphatic carbocycles. The number of aryl methyl sites for hydroxylation is 2. The van der Waals surface area contributed by atoms with Gasteiger partial charge in [0, 0.05) is 6.42 Å². The number of halogens is 1. The molecule has 0 spiro atoms. The van der Waals surface area contributed by atoms with Crippen molar-refractivity contribution in [2.75, 3.05) is 6.16 Å². The zero-order chi connectivity index (χ0) is 16.5. The Morgan fingerprint density at radius 3 is 1.96 bits per heavy atom. The standard InChI is InChI=1S/C19H24ClO2P/c1-15-7-5-9-17(13-15)21-19(11-3-4-12-23-20)22-18-10-6-8-16(2)14-18/h5-10,13-14,19,23H,3-4,11-12H2,1-2H3. The van der Waals surface area contributed by atoms with E-state index < -0.39 is 0 Å². The van der Waals surface area contributed by atoms with Crippen LogP contribution in [0.1, 0.15) is 30.4 Å². The molecular formula is C19H24ClO2P. The summed E-state index contributed by atoms with van der Waals surface area (Å²) in [6, 6.07) is 16.1. The van der Waals surface area contributed by atoms with Crippen LogP contribution in [0.25, 0.3) is 0 Å². The molecule has 1 atom stereocenters. The third kappa shape index (κ3) is 6.81. The first-order valence-electron chi connectivity index (χ1n) is 7.97. The molecule has 0 bridgehead atoms. The summed E-state index contributed by atoms with van der Waals surface area (Å²) in [6.07, 6.45) is 3.78. The minimum Gasteiger partial charge on any atom is -0.455 e. The number of benzene rings is 2. The highest BCUT2D eigenvalue weighted by molar-refractivity contribution is 7.68. The lowest BCUT2D eigenvalue weighted by atomic mass is 10.2. The molecule has 0 aliphatic heterocycles.